The first-order chi connectivity index (χ1) is 14.1. The number of esters is 1. The first kappa shape index (κ1) is 20.2. The number of carbonyl (C=O) groups excluding carboxylic acids is 3. The molecular weight excluding hydrogens is 376 g/mol. The van der Waals surface area contributed by atoms with Gasteiger partial charge in [-0.3, -0.25) is 4.79 Å². The molecule has 0 N–H and O–H groups in total. The molecule has 3 aliphatic heterocycles. The SMILES string of the molecule is O=C1OC2=C(C1=O)N(CCOC(=O)N1CCOCC1)C(CC1CCCCC1)CC2. The fourth-order valence-corrected chi connectivity index (χ4v) is 4.94. The van der Waals surface area contributed by atoms with Crippen LogP contribution in [0.15, 0.2) is 11.5 Å². The van der Waals surface area contributed by atoms with E-state index in [0.717, 1.165) is 12.8 Å². The van der Waals surface area contributed by atoms with Gasteiger partial charge in [-0.1, -0.05) is 32.1 Å². The normalized spacial score (nSPS) is 25.9. The zero-order chi connectivity index (χ0) is 20.2. The van der Waals surface area contributed by atoms with Crippen molar-refractivity contribution in [3.8, 4) is 0 Å². The summed E-state index contributed by atoms with van der Waals surface area (Å²) in [5.41, 5.74) is 0.393. The van der Waals surface area contributed by atoms with Crippen LogP contribution in [0.5, 0.6) is 0 Å². The minimum Gasteiger partial charge on any atom is -0.448 e. The summed E-state index contributed by atoms with van der Waals surface area (Å²) in [5.74, 6) is -0.210. The molecule has 1 aliphatic carbocycles. The van der Waals surface area contributed by atoms with Gasteiger partial charge in [0, 0.05) is 25.6 Å². The Labute approximate surface area is 171 Å². The number of ketones is 1. The third kappa shape index (κ3) is 4.57. The summed E-state index contributed by atoms with van der Waals surface area (Å²) in [7, 11) is 0. The van der Waals surface area contributed by atoms with E-state index in [1.165, 1.54) is 32.1 Å². The molecule has 1 unspecified atom stereocenters. The van der Waals surface area contributed by atoms with Gasteiger partial charge in [0.15, 0.2) is 0 Å². The summed E-state index contributed by atoms with van der Waals surface area (Å²) >= 11 is 0. The average molecular weight is 406 g/mol. The van der Waals surface area contributed by atoms with Crippen LogP contribution in [0.4, 0.5) is 4.79 Å². The van der Waals surface area contributed by atoms with Crippen LogP contribution in [-0.4, -0.2) is 73.1 Å². The standard InChI is InChI=1S/C21H30N2O6/c24-19-18-17(29-20(19)25)7-6-16(14-15-4-2-1-3-5-15)23(18)10-13-28-21(26)22-8-11-27-12-9-22/h15-16H,1-14H2. The molecule has 4 rings (SSSR count). The first-order valence-corrected chi connectivity index (χ1v) is 10.9. The van der Waals surface area contributed by atoms with Crippen molar-refractivity contribution in [2.45, 2.75) is 57.4 Å². The molecule has 0 aromatic heterocycles. The van der Waals surface area contributed by atoms with Crippen LogP contribution in [0.25, 0.3) is 0 Å². The number of Topliss-reactive ketones (excluding diaryl/α,β-unsaturated/α-hetero) is 1. The van der Waals surface area contributed by atoms with E-state index in [0.29, 0.717) is 56.6 Å². The van der Waals surface area contributed by atoms with Gasteiger partial charge in [0.25, 0.3) is 5.78 Å². The molecule has 1 atom stereocenters. The second-order valence-corrected chi connectivity index (χ2v) is 8.33. The van der Waals surface area contributed by atoms with Gasteiger partial charge >= 0.3 is 12.1 Å². The molecule has 1 saturated carbocycles. The number of carbonyl (C=O) groups is 3. The lowest BCUT2D eigenvalue weighted by Crippen LogP contribution is -2.45. The summed E-state index contributed by atoms with van der Waals surface area (Å²) in [4.78, 5) is 40.1. The number of hydrogen-bond acceptors (Lipinski definition) is 7. The van der Waals surface area contributed by atoms with Crippen molar-refractivity contribution in [3.63, 3.8) is 0 Å². The number of hydrogen-bond donors (Lipinski definition) is 0. The first-order valence-electron chi connectivity index (χ1n) is 10.9. The highest BCUT2D eigenvalue weighted by Crippen LogP contribution is 2.37. The van der Waals surface area contributed by atoms with Gasteiger partial charge < -0.3 is 24.0 Å². The molecule has 8 nitrogen and oxygen atoms in total. The molecule has 160 valence electrons. The maximum absolute atomic E-state index is 12.4. The van der Waals surface area contributed by atoms with Gasteiger partial charge in [-0.05, 0) is 18.8 Å². The summed E-state index contributed by atoms with van der Waals surface area (Å²) in [5, 5.41) is 0. The molecular formula is C21H30N2O6. The molecule has 0 aromatic rings. The summed E-state index contributed by atoms with van der Waals surface area (Å²) in [6, 6.07) is 0.178. The Hall–Kier alpha value is -2.09. The van der Waals surface area contributed by atoms with Crippen molar-refractivity contribution in [1.29, 1.82) is 0 Å². The maximum Gasteiger partial charge on any atom is 0.409 e. The second kappa shape index (κ2) is 9.15. The van der Waals surface area contributed by atoms with E-state index in [1.54, 1.807) is 4.90 Å². The van der Waals surface area contributed by atoms with Crippen molar-refractivity contribution in [2.75, 3.05) is 39.5 Å². The molecule has 8 heteroatoms. The van der Waals surface area contributed by atoms with Gasteiger partial charge in [0.1, 0.15) is 18.1 Å². The summed E-state index contributed by atoms with van der Waals surface area (Å²) in [6.45, 7) is 2.68. The van der Waals surface area contributed by atoms with Gasteiger partial charge in [0.05, 0.1) is 19.8 Å². The highest BCUT2D eigenvalue weighted by molar-refractivity contribution is 6.42. The molecule has 4 aliphatic rings. The summed E-state index contributed by atoms with van der Waals surface area (Å²) in [6.07, 6.45) is 8.42. The van der Waals surface area contributed by atoms with Gasteiger partial charge in [-0.15, -0.1) is 0 Å². The average Bonchev–Trinajstić information content (AvgIpc) is 3.04. The third-order valence-electron chi connectivity index (χ3n) is 6.47. The number of amides is 1. The molecule has 3 heterocycles. The van der Waals surface area contributed by atoms with Gasteiger partial charge in [-0.25, -0.2) is 9.59 Å². The molecule has 1 saturated heterocycles. The number of rotatable bonds is 5. The van der Waals surface area contributed by atoms with E-state index in [-0.39, 0.29) is 18.7 Å². The van der Waals surface area contributed by atoms with E-state index in [4.69, 9.17) is 14.2 Å². The minimum absolute atomic E-state index is 0.176. The lowest BCUT2D eigenvalue weighted by atomic mass is 9.82. The van der Waals surface area contributed by atoms with E-state index in [2.05, 4.69) is 0 Å². The number of morpholine rings is 1. The smallest absolute Gasteiger partial charge is 0.409 e. The summed E-state index contributed by atoms with van der Waals surface area (Å²) < 4.78 is 15.9. The fraction of sp³-hybridized carbons (Fsp3) is 0.762. The highest BCUT2D eigenvalue weighted by atomic mass is 16.6. The van der Waals surface area contributed by atoms with Crippen molar-refractivity contribution in [2.24, 2.45) is 5.92 Å². The van der Waals surface area contributed by atoms with Crippen LogP contribution < -0.4 is 0 Å². The van der Waals surface area contributed by atoms with Gasteiger partial charge in [-0.2, -0.15) is 0 Å². The Kier molecular flexibility index (Phi) is 6.37. The molecule has 2 fully saturated rings. The van der Waals surface area contributed by atoms with Crippen LogP contribution in [0.2, 0.25) is 0 Å². The van der Waals surface area contributed by atoms with E-state index in [9.17, 15) is 14.4 Å². The second-order valence-electron chi connectivity index (χ2n) is 8.33. The fourth-order valence-electron chi connectivity index (χ4n) is 4.94. The topological polar surface area (TPSA) is 85.4 Å². The minimum atomic E-state index is -0.788. The van der Waals surface area contributed by atoms with Crippen LogP contribution in [0.1, 0.15) is 51.4 Å². The molecule has 29 heavy (non-hydrogen) atoms. The Balaban J connectivity index is 1.40. The van der Waals surface area contributed by atoms with E-state index in [1.807, 2.05) is 4.90 Å². The Morgan fingerprint density at radius 1 is 1.07 bits per heavy atom. The van der Waals surface area contributed by atoms with Gasteiger partial charge in [0.2, 0.25) is 0 Å². The van der Waals surface area contributed by atoms with Crippen LogP contribution in [0, 0.1) is 5.92 Å². The lowest BCUT2D eigenvalue weighted by Gasteiger charge is -2.39. The highest BCUT2D eigenvalue weighted by Gasteiger charge is 2.43. The number of allylic oxidation sites excluding steroid dienone is 1. The van der Waals surface area contributed by atoms with Crippen LogP contribution in [0.3, 0.4) is 0 Å². The Bertz CT molecular complexity index is 679. The third-order valence-corrected chi connectivity index (χ3v) is 6.47. The van der Waals surface area contributed by atoms with E-state index < -0.39 is 11.8 Å². The van der Waals surface area contributed by atoms with Crippen molar-refractivity contribution >= 4 is 17.8 Å². The van der Waals surface area contributed by atoms with Crippen molar-refractivity contribution in [1.82, 2.24) is 9.80 Å². The Morgan fingerprint density at radius 3 is 2.59 bits per heavy atom. The quantitative estimate of drug-likeness (QED) is 0.511. The number of ether oxygens (including phenoxy) is 3. The van der Waals surface area contributed by atoms with Crippen LogP contribution in [-0.2, 0) is 23.8 Å². The predicted octanol–water partition coefficient (Wildman–Crippen LogP) is 2.23. The molecule has 0 bridgehead atoms. The van der Waals surface area contributed by atoms with Crippen molar-refractivity contribution < 1.29 is 28.6 Å². The van der Waals surface area contributed by atoms with E-state index >= 15 is 0 Å². The lowest BCUT2D eigenvalue weighted by molar-refractivity contribution is -0.146. The largest absolute Gasteiger partial charge is 0.448 e. The Morgan fingerprint density at radius 2 is 1.83 bits per heavy atom. The molecule has 0 spiro atoms. The van der Waals surface area contributed by atoms with Crippen LogP contribution >= 0.6 is 0 Å². The predicted molar refractivity (Wildman–Crippen MR) is 103 cm³/mol. The zero-order valence-corrected chi connectivity index (χ0v) is 16.9. The van der Waals surface area contributed by atoms with Crippen molar-refractivity contribution in [3.05, 3.63) is 11.5 Å². The number of nitrogens with zero attached hydrogens (tertiary/aromatic N) is 2. The molecule has 0 radical (unpaired) electrons. The molecule has 1 amide bonds. The maximum atomic E-state index is 12.4. The monoisotopic (exact) mass is 406 g/mol. The zero-order valence-electron chi connectivity index (χ0n) is 16.9. The molecule has 0 aromatic carbocycles.